The first kappa shape index (κ1) is 11.7. The van der Waals surface area contributed by atoms with Crippen LogP contribution in [0.2, 0.25) is 0 Å². The van der Waals surface area contributed by atoms with Gasteiger partial charge in [0.2, 0.25) is 0 Å². The van der Waals surface area contributed by atoms with Gasteiger partial charge in [-0.2, -0.15) is 5.10 Å². The summed E-state index contributed by atoms with van der Waals surface area (Å²) in [5.41, 5.74) is 2.44. The minimum atomic E-state index is -0.122. The van der Waals surface area contributed by atoms with Crippen LogP contribution < -0.4 is 5.32 Å². The minimum Gasteiger partial charge on any atom is -0.343 e. The van der Waals surface area contributed by atoms with Gasteiger partial charge in [0, 0.05) is 20.6 Å². The van der Waals surface area contributed by atoms with Crippen molar-refractivity contribution < 1.29 is 4.79 Å². The number of nitrogens with zero attached hydrogens (tertiary/aromatic N) is 3. The summed E-state index contributed by atoms with van der Waals surface area (Å²) in [7, 11) is 3.40. The zero-order valence-electron chi connectivity index (χ0n) is 10.1. The Labute approximate surface area is 101 Å². The van der Waals surface area contributed by atoms with E-state index >= 15 is 0 Å². The zero-order chi connectivity index (χ0) is 12.3. The van der Waals surface area contributed by atoms with Gasteiger partial charge >= 0.3 is 0 Å². The van der Waals surface area contributed by atoms with E-state index in [4.69, 9.17) is 0 Å². The summed E-state index contributed by atoms with van der Waals surface area (Å²) in [5, 5.41) is 11.3. The maximum absolute atomic E-state index is 11.6. The molecule has 2 rings (SSSR count). The highest BCUT2D eigenvalue weighted by Gasteiger charge is 2.12. The van der Waals surface area contributed by atoms with Gasteiger partial charge in [0.1, 0.15) is 0 Å². The quantitative estimate of drug-likeness (QED) is 0.809. The molecule has 1 amide bonds. The van der Waals surface area contributed by atoms with Gasteiger partial charge in [-0.05, 0) is 30.7 Å². The molecule has 1 aromatic rings. The molecule has 0 radical (unpaired) electrons. The molecule has 1 aliphatic heterocycles. The molecule has 0 bridgehead atoms. The topological polar surface area (TPSA) is 58.1 Å². The Morgan fingerprint density at radius 3 is 2.71 bits per heavy atom. The molecule has 0 saturated heterocycles. The number of aromatic nitrogens is 2. The van der Waals surface area contributed by atoms with E-state index in [-0.39, 0.29) is 5.91 Å². The fourth-order valence-corrected chi connectivity index (χ4v) is 1.70. The van der Waals surface area contributed by atoms with Gasteiger partial charge in [-0.1, -0.05) is 6.08 Å². The molecule has 0 aromatic carbocycles. The van der Waals surface area contributed by atoms with Crippen molar-refractivity contribution in [2.24, 2.45) is 0 Å². The number of hydrogen-bond acceptors (Lipinski definition) is 4. The number of amides is 1. The molecule has 5 heteroatoms. The molecule has 1 aromatic heterocycles. The van der Waals surface area contributed by atoms with Crippen molar-refractivity contribution >= 4 is 11.5 Å². The lowest BCUT2D eigenvalue weighted by Crippen LogP contribution is -2.23. The average Bonchev–Trinajstić information content (AvgIpc) is 2.39. The van der Waals surface area contributed by atoms with Gasteiger partial charge in [0.05, 0.1) is 5.69 Å². The summed E-state index contributed by atoms with van der Waals surface area (Å²) in [6, 6.07) is 3.59. The lowest BCUT2D eigenvalue weighted by Gasteiger charge is -2.13. The monoisotopic (exact) mass is 232 g/mol. The van der Waals surface area contributed by atoms with Crippen LogP contribution >= 0.6 is 0 Å². The Hall–Kier alpha value is -1.75. The van der Waals surface area contributed by atoms with Crippen molar-refractivity contribution in [1.82, 2.24) is 20.4 Å². The number of rotatable bonds is 2. The van der Waals surface area contributed by atoms with Gasteiger partial charge in [-0.3, -0.25) is 4.79 Å². The molecule has 90 valence electrons. The number of carbonyl (C=O) groups is 1. The summed E-state index contributed by atoms with van der Waals surface area (Å²) in [5.74, 6) is -0.122. The van der Waals surface area contributed by atoms with Crippen molar-refractivity contribution in [3.8, 4) is 0 Å². The van der Waals surface area contributed by atoms with Crippen LogP contribution in [0.15, 0.2) is 18.2 Å². The van der Waals surface area contributed by atoms with Gasteiger partial charge in [-0.25, -0.2) is 0 Å². The third-order valence-electron chi connectivity index (χ3n) is 2.68. The standard InChI is InChI=1S/C12H16N4O/c1-16(2)12(17)11-4-3-10(14-15-11)9-5-7-13-8-6-9/h3-5,13H,6-8H2,1-2H3. The lowest BCUT2D eigenvalue weighted by molar-refractivity contribution is 0.0821. The number of hydrogen-bond donors (Lipinski definition) is 1. The molecule has 1 aliphatic rings. The maximum atomic E-state index is 11.6. The van der Waals surface area contributed by atoms with Crippen molar-refractivity contribution in [2.45, 2.75) is 6.42 Å². The number of nitrogens with one attached hydrogen (secondary N) is 1. The van der Waals surface area contributed by atoms with Gasteiger partial charge in [0.15, 0.2) is 5.69 Å². The van der Waals surface area contributed by atoms with Crippen LogP contribution in [0.1, 0.15) is 22.6 Å². The molecule has 0 aliphatic carbocycles. The third-order valence-corrected chi connectivity index (χ3v) is 2.68. The van der Waals surface area contributed by atoms with Crippen molar-refractivity contribution in [3.05, 3.63) is 29.6 Å². The molecule has 0 atom stereocenters. The summed E-state index contributed by atoms with van der Waals surface area (Å²) < 4.78 is 0. The first-order valence-corrected chi connectivity index (χ1v) is 5.64. The largest absolute Gasteiger partial charge is 0.343 e. The van der Waals surface area contributed by atoms with Crippen molar-refractivity contribution in [3.63, 3.8) is 0 Å². The Kier molecular flexibility index (Phi) is 3.49. The van der Waals surface area contributed by atoms with Crippen molar-refractivity contribution in [1.29, 1.82) is 0 Å². The molecule has 0 unspecified atom stereocenters. The predicted octanol–water partition coefficient (Wildman–Crippen LogP) is 0.555. The van der Waals surface area contributed by atoms with Gasteiger partial charge < -0.3 is 10.2 Å². The van der Waals surface area contributed by atoms with E-state index < -0.39 is 0 Å². The van der Waals surface area contributed by atoms with E-state index in [1.165, 1.54) is 10.5 Å². The number of carbonyl (C=O) groups excluding carboxylic acids is 1. The highest BCUT2D eigenvalue weighted by atomic mass is 16.2. The van der Waals surface area contributed by atoms with E-state index in [1.807, 2.05) is 6.07 Å². The Bertz CT molecular complexity index is 436. The zero-order valence-corrected chi connectivity index (χ0v) is 10.1. The Balaban J connectivity index is 2.18. The second-order valence-electron chi connectivity index (χ2n) is 4.19. The molecule has 17 heavy (non-hydrogen) atoms. The molecular weight excluding hydrogens is 216 g/mol. The smallest absolute Gasteiger partial charge is 0.273 e. The van der Waals surface area contributed by atoms with Crippen LogP contribution in [0.3, 0.4) is 0 Å². The molecule has 2 heterocycles. The Morgan fingerprint density at radius 2 is 2.18 bits per heavy atom. The molecule has 0 spiro atoms. The SMILES string of the molecule is CN(C)C(=O)c1ccc(C2=CCNCC2)nn1. The van der Waals surface area contributed by atoms with Gasteiger partial charge in [0.25, 0.3) is 5.91 Å². The fourth-order valence-electron chi connectivity index (χ4n) is 1.70. The minimum absolute atomic E-state index is 0.122. The molecular formula is C12H16N4O. The van der Waals surface area contributed by atoms with Crippen LogP contribution in [-0.4, -0.2) is 48.2 Å². The molecule has 0 saturated carbocycles. The van der Waals surface area contributed by atoms with Crippen LogP contribution in [0.4, 0.5) is 0 Å². The first-order chi connectivity index (χ1) is 8.18. The van der Waals surface area contributed by atoms with Crippen LogP contribution in [-0.2, 0) is 0 Å². The summed E-state index contributed by atoms with van der Waals surface area (Å²) in [6.45, 7) is 1.83. The summed E-state index contributed by atoms with van der Waals surface area (Å²) in [4.78, 5) is 13.1. The second-order valence-corrected chi connectivity index (χ2v) is 4.19. The maximum Gasteiger partial charge on any atom is 0.273 e. The summed E-state index contributed by atoms with van der Waals surface area (Å²) >= 11 is 0. The van der Waals surface area contributed by atoms with Crippen LogP contribution in [0.25, 0.3) is 5.57 Å². The van der Waals surface area contributed by atoms with Gasteiger partial charge in [-0.15, -0.1) is 5.10 Å². The van der Waals surface area contributed by atoms with E-state index in [9.17, 15) is 4.79 Å². The fraction of sp³-hybridized carbons (Fsp3) is 0.417. The highest BCUT2D eigenvalue weighted by molar-refractivity contribution is 5.91. The normalized spacial score (nSPS) is 15.3. The molecule has 0 fully saturated rings. The summed E-state index contributed by atoms with van der Waals surface area (Å²) in [6.07, 6.45) is 3.07. The Morgan fingerprint density at radius 1 is 1.35 bits per heavy atom. The third kappa shape index (κ3) is 2.68. The predicted molar refractivity (Wildman–Crippen MR) is 65.5 cm³/mol. The van der Waals surface area contributed by atoms with E-state index in [0.29, 0.717) is 5.69 Å². The molecule has 1 N–H and O–H groups in total. The first-order valence-electron chi connectivity index (χ1n) is 5.64. The van der Waals surface area contributed by atoms with E-state index in [2.05, 4.69) is 21.6 Å². The average molecular weight is 232 g/mol. The van der Waals surface area contributed by atoms with Crippen LogP contribution in [0, 0.1) is 0 Å². The van der Waals surface area contributed by atoms with E-state index in [0.717, 1.165) is 25.2 Å². The van der Waals surface area contributed by atoms with Crippen LogP contribution in [0.5, 0.6) is 0 Å². The second kappa shape index (κ2) is 5.05. The highest BCUT2D eigenvalue weighted by Crippen LogP contribution is 2.16. The molecule has 5 nitrogen and oxygen atoms in total. The lowest BCUT2D eigenvalue weighted by atomic mass is 10.1. The van der Waals surface area contributed by atoms with Crippen molar-refractivity contribution in [2.75, 3.05) is 27.2 Å². The van der Waals surface area contributed by atoms with E-state index in [1.54, 1.807) is 20.2 Å².